The molecule has 88 valence electrons. The standard InChI is InChI=1S/C14H15ClN2/c1-10-6-8-11(9-7-10)17-14(15)12-4-2-3-5-13(12)16-17/h6-9H,2-5H2,1H3. The Bertz CT molecular complexity index is 540. The van der Waals surface area contributed by atoms with Crippen molar-refractivity contribution in [1.29, 1.82) is 0 Å². The second kappa shape index (κ2) is 4.19. The van der Waals surface area contributed by atoms with Gasteiger partial charge in [-0.15, -0.1) is 0 Å². The average Bonchev–Trinajstić information content (AvgIpc) is 2.69. The topological polar surface area (TPSA) is 17.8 Å². The number of hydrogen-bond donors (Lipinski definition) is 0. The van der Waals surface area contributed by atoms with Crippen LogP contribution in [0.5, 0.6) is 0 Å². The molecule has 0 atom stereocenters. The van der Waals surface area contributed by atoms with Gasteiger partial charge in [-0.2, -0.15) is 5.10 Å². The Balaban J connectivity index is 2.09. The fourth-order valence-corrected chi connectivity index (χ4v) is 2.71. The summed E-state index contributed by atoms with van der Waals surface area (Å²) in [6, 6.07) is 8.32. The van der Waals surface area contributed by atoms with Crippen LogP contribution < -0.4 is 0 Å². The van der Waals surface area contributed by atoms with Crippen LogP contribution in [0.2, 0.25) is 5.15 Å². The molecule has 1 aliphatic rings. The van der Waals surface area contributed by atoms with Crippen LogP contribution in [0.15, 0.2) is 24.3 Å². The molecule has 0 bridgehead atoms. The maximum Gasteiger partial charge on any atom is 0.136 e. The van der Waals surface area contributed by atoms with E-state index in [2.05, 4.69) is 36.3 Å². The molecule has 1 heterocycles. The maximum atomic E-state index is 6.42. The number of nitrogens with zero attached hydrogens (tertiary/aromatic N) is 2. The van der Waals surface area contributed by atoms with Gasteiger partial charge < -0.3 is 0 Å². The van der Waals surface area contributed by atoms with Crippen molar-refractivity contribution in [3.05, 3.63) is 46.2 Å². The molecule has 0 radical (unpaired) electrons. The van der Waals surface area contributed by atoms with E-state index in [1.165, 1.54) is 29.7 Å². The molecule has 0 saturated heterocycles. The van der Waals surface area contributed by atoms with Gasteiger partial charge in [0.15, 0.2) is 0 Å². The summed E-state index contributed by atoms with van der Waals surface area (Å²) in [5, 5.41) is 5.43. The molecule has 17 heavy (non-hydrogen) atoms. The van der Waals surface area contributed by atoms with E-state index in [0.717, 1.165) is 23.7 Å². The Kier molecular flexibility index (Phi) is 2.67. The second-order valence-corrected chi connectivity index (χ2v) is 5.03. The first-order chi connectivity index (χ1) is 8.25. The Hall–Kier alpha value is -1.28. The largest absolute Gasteiger partial charge is 0.222 e. The molecular formula is C14H15ClN2. The predicted octanol–water partition coefficient (Wildman–Crippen LogP) is 3.71. The summed E-state index contributed by atoms with van der Waals surface area (Å²) in [7, 11) is 0. The summed E-state index contributed by atoms with van der Waals surface area (Å²) in [6.45, 7) is 2.08. The second-order valence-electron chi connectivity index (χ2n) is 4.67. The fraction of sp³-hybridized carbons (Fsp3) is 0.357. The van der Waals surface area contributed by atoms with Gasteiger partial charge in [0.05, 0.1) is 11.4 Å². The third kappa shape index (κ3) is 1.87. The first-order valence-electron chi connectivity index (χ1n) is 6.09. The van der Waals surface area contributed by atoms with Gasteiger partial charge in [-0.05, 0) is 44.7 Å². The molecule has 1 aromatic heterocycles. The van der Waals surface area contributed by atoms with E-state index in [9.17, 15) is 0 Å². The van der Waals surface area contributed by atoms with E-state index in [1.807, 2.05) is 4.68 Å². The van der Waals surface area contributed by atoms with Crippen molar-refractivity contribution < 1.29 is 0 Å². The van der Waals surface area contributed by atoms with Crippen LogP contribution in [-0.4, -0.2) is 9.78 Å². The van der Waals surface area contributed by atoms with E-state index >= 15 is 0 Å². The highest BCUT2D eigenvalue weighted by molar-refractivity contribution is 6.30. The van der Waals surface area contributed by atoms with Crippen molar-refractivity contribution >= 4 is 11.6 Å². The number of rotatable bonds is 1. The minimum atomic E-state index is 0.795. The molecule has 0 unspecified atom stereocenters. The van der Waals surface area contributed by atoms with Crippen LogP contribution in [-0.2, 0) is 12.8 Å². The lowest BCUT2D eigenvalue weighted by molar-refractivity contribution is 0.671. The third-order valence-corrected chi connectivity index (χ3v) is 3.76. The van der Waals surface area contributed by atoms with Crippen LogP contribution in [0, 0.1) is 6.92 Å². The predicted molar refractivity (Wildman–Crippen MR) is 70.0 cm³/mol. The molecule has 1 aromatic carbocycles. The molecule has 1 aliphatic carbocycles. The lowest BCUT2D eigenvalue weighted by Crippen LogP contribution is -2.00. The van der Waals surface area contributed by atoms with Crippen LogP contribution in [0.1, 0.15) is 29.7 Å². The molecule has 0 amide bonds. The number of hydrogen-bond acceptors (Lipinski definition) is 1. The van der Waals surface area contributed by atoms with Gasteiger partial charge in [0.25, 0.3) is 0 Å². The van der Waals surface area contributed by atoms with Crippen molar-refractivity contribution in [2.75, 3.05) is 0 Å². The molecule has 0 saturated carbocycles. The van der Waals surface area contributed by atoms with Crippen LogP contribution >= 0.6 is 11.6 Å². The number of aryl methyl sites for hydroxylation is 2. The Morgan fingerprint density at radius 3 is 2.53 bits per heavy atom. The molecule has 3 heteroatoms. The molecule has 2 aromatic rings. The van der Waals surface area contributed by atoms with Crippen molar-refractivity contribution in [2.24, 2.45) is 0 Å². The van der Waals surface area contributed by atoms with Gasteiger partial charge in [-0.3, -0.25) is 0 Å². The third-order valence-electron chi connectivity index (χ3n) is 3.37. The first kappa shape index (κ1) is 10.8. The highest BCUT2D eigenvalue weighted by Gasteiger charge is 2.19. The number of aromatic nitrogens is 2. The average molecular weight is 247 g/mol. The van der Waals surface area contributed by atoms with Crippen LogP contribution in [0.3, 0.4) is 0 Å². The van der Waals surface area contributed by atoms with Gasteiger partial charge in [0.1, 0.15) is 5.15 Å². The van der Waals surface area contributed by atoms with Crippen LogP contribution in [0.4, 0.5) is 0 Å². The minimum Gasteiger partial charge on any atom is -0.222 e. The SMILES string of the molecule is Cc1ccc(-n2nc3c(c2Cl)CCCC3)cc1. The lowest BCUT2D eigenvalue weighted by atomic mass is 9.99. The van der Waals surface area contributed by atoms with E-state index in [0.29, 0.717) is 0 Å². The minimum absolute atomic E-state index is 0.795. The first-order valence-corrected chi connectivity index (χ1v) is 6.47. The van der Waals surface area contributed by atoms with E-state index in [4.69, 9.17) is 11.6 Å². The van der Waals surface area contributed by atoms with Gasteiger partial charge in [-0.25, -0.2) is 4.68 Å². The van der Waals surface area contributed by atoms with Crippen molar-refractivity contribution in [3.63, 3.8) is 0 Å². The summed E-state index contributed by atoms with van der Waals surface area (Å²) in [5.41, 5.74) is 4.73. The normalized spacial score (nSPS) is 14.7. The van der Waals surface area contributed by atoms with Crippen molar-refractivity contribution in [3.8, 4) is 5.69 Å². The van der Waals surface area contributed by atoms with E-state index in [-0.39, 0.29) is 0 Å². The number of fused-ring (bicyclic) bond motifs is 1. The van der Waals surface area contributed by atoms with Crippen molar-refractivity contribution in [1.82, 2.24) is 9.78 Å². The zero-order valence-electron chi connectivity index (χ0n) is 9.91. The Morgan fingerprint density at radius 1 is 1.12 bits per heavy atom. The van der Waals surface area contributed by atoms with Gasteiger partial charge in [0.2, 0.25) is 0 Å². The smallest absolute Gasteiger partial charge is 0.136 e. The molecule has 0 fully saturated rings. The number of benzene rings is 1. The maximum absolute atomic E-state index is 6.42. The van der Waals surface area contributed by atoms with Gasteiger partial charge in [-0.1, -0.05) is 29.3 Å². The molecule has 2 nitrogen and oxygen atoms in total. The summed E-state index contributed by atoms with van der Waals surface area (Å²) in [5.74, 6) is 0. The molecule has 0 N–H and O–H groups in total. The van der Waals surface area contributed by atoms with Gasteiger partial charge >= 0.3 is 0 Å². The van der Waals surface area contributed by atoms with Crippen LogP contribution in [0.25, 0.3) is 5.69 Å². The summed E-state index contributed by atoms with van der Waals surface area (Å²) >= 11 is 6.42. The zero-order valence-corrected chi connectivity index (χ0v) is 10.7. The fourth-order valence-electron chi connectivity index (χ4n) is 2.37. The highest BCUT2D eigenvalue weighted by atomic mass is 35.5. The summed E-state index contributed by atoms with van der Waals surface area (Å²) < 4.78 is 1.87. The molecule has 0 spiro atoms. The number of halogens is 1. The molecular weight excluding hydrogens is 232 g/mol. The van der Waals surface area contributed by atoms with E-state index < -0.39 is 0 Å². The quantitative estimate of drug-likeness (QED) is 0.750. The summed E-state index contributed by atoms with van der Waals surface area (Å²) in [6.07, 6.45) is 4.59. The zero-order chi connectivity index (χ0) is 11.8. The Morgan fingerprint density at radius 2 is 1.82 bits per heavy atom. The van der Waals surface area contributed by atoms with E-state index in [1.54, 1.807) is 0 Å². The van der Waals surface area contributed by atoms with Gasteiger partial charge in [0, 0.05) is 5.56 Å². The lowest BCUT2D eigenvalue weighted by Gasteiger charge is -2.07. The van der Waals surface area contributed by atoms with Crippen molar-refractivity contribution in [2.45, 2.75) is 32.6 Å². The summed E-state index contributed by atoms with van der Waals surface area (Å²) in [4.78, 5) is 0. The molecule has 3 rings (SSSR count). The monoisotopic (exact) mass is 246 g/mol. The Labute approximate surface area is 106 Å². The highest BCUT2D eigenvalue weighted by Crippen LogP contribution is 2.29. The molecule has 0 aliphatic heterocycles.